The molecule has 1 fully saturated rings. The number of hydrogen-bond donors (Lipinski definition) is 1. The summed E-state index contributed by atoms with van der Waals surface area (Å²) in [6, 6.07) is 8.32. The van der Waals surface area contributed by atoms with E-state index in [4.69, 9.17) is 22.4 Å². The van der Waals surface area contributed by atoms with Crippen molar-refractivity contribution in [1.82, 2.24) is 9.78 Å². The zero-order chi connectivity index (χ0) is 14.8. The van der Waals surface area contributed by atoms with E-state index in [1.165, 1.54) is 25.7 Å². The van der Waals surface area contributed by atoms with E-state index in [1.807, 2.05) is 18.2 Å². The minimum Gasteiger partial charge on any atom is -0.324 e. The molecule has 1 aliphatic rings. The predicted octanol–water partition coefficient (Wildman–Crippen LogP) is 4.66. The molecule has 1 heterocycles. The van der Waals surface area contributed by atoms with Gasteiger partial charge in [0.15, 0.2) is 0 Å². The standard InChI is InChI=1S/C16H19BrClN3/c17-15-9-11(18)5-6-14(15)16(19)10-12-7-8-21(20-12)13-3-1-2-4-13/h5-9,13,16H,1-4,10,19H2. The Morgan fingerprint density at radius 1 is 1.33 bits per heavy atom. The Balaban J connectivity index is 1.70. The second kappa shape index (κ2) is 6.51. The first-order valence-corrected chi connectivity index (χ1v) is 8.55. The molecule has 1 unspecified atom stereocenters. The van der Waals surface area contributed by atoms with Crippen LogP contribution in [0.3, 0.4) is 0 Å². The summed E-state index contributed by atoms with van der Waals surface area (Å²) >= 11 is 9.50. The molecule has 0 radical (unpaired) electrons. The molecule has 21 heavy (non-hydrogen) atoms. The lowest BCUT2D eigenvalue weighted by molar-refractivity contribution is 0.461. The summed E-state index contributed by atoms with van der Waals surface area (Å²) in [6.07, 6.45) is 7.95. The van der Waals surface area contributed by atoms with Crippen LogP contribution in [0.1, 0.15) is 49.0 Å². The maximum absolute atomic E-state index is 6.32. The number of rotatable bonds is 4. The van der Waals surface area contributed by atoms with E-state index >= 15 is 0 Å². The van der Waals surface area contributed by atoms with E-state index in [1.54, 1.807) is 0 Å². The van der Waals surface area contributed by atoms with E-state index in [0.717, 1.165) is 22.2 Å². The van der Waals surface area contributed by atoms with Crippen molar-refractivity contribution in [2.45, 2.75) is 44.2 Å². The van der Waals surface area contributed by atoms with Crippen molar-refractivity contribution in [3.8, 4) is 0 Å². The highest BCUT2D eigenvalue weighted by Gasteiger charge is 2.18. The van der Waals surface area contributed by atoms with Crippen molar-refractivity contribution < 1.29 is 0 Å². The van der Waals surface area contributed by atoms with Gasteiger partial charge in [0.25, 0.3) is 0 Å². The first kappa shape index (κ1) is 15.1. The molecule has 2 N–H and O–H groups in total. The Morgan fingerprint density at radius 3 is 2.81 bits per heavy atom. The second-order valence-electron chi connectivity index (χ2n) is 5.70. The van der Waals surface area contributed by atoms with Crippen LogP contribution in [0.15, 0.2) is 34.9 Å². The van der Waals surface area contributed by atoms with Gasteiger partial charge in [0, 0.05) is 28.2 Å². The molecule has 0 amide bonds. The van der Waals surface area contributed by atoms with Crippen LogP contribution in [0, 0.1) is 0 Å². The van der Waals surface area contributed by atoms with Crippen LogP contribution >= 0.6 is 27.5 Å². The van der Waals surface area contributed by atoms with E-state index in [-0.39, 0.29) is 6.04 Å². The summed E-state index contributed by atoms with van der Waals surface area (Å²) in [5.74, 6) is 0. The van der Waals surface area contributed by atoms with E-state index in [0.29, 0.717) is 11.1 Å². The third kappa shape index (κ3) is 3.50. The fourth-order valence-corrected chi connectivity index (χ4v) is 3.97. The molecule has 2 aromatic rings. The van der Waals surface area contributed by atoms with Crippen molar-refractivity contribution in [2.24, 2.45) is 5.73 Å². The van der Waals surface area contributed by atoms with Crippen molar-refractivity contribution in [3.63, 3.8) is 0 Å². The van der Waals surface area contributed by atoms with Crippen LogP contribution in [0.2, 0.25) is 5.02 Å². The number of halogens is 2. The topological polar surface area (TPSA) is 43.8 Å². The molecule has 1 aromatic heterocycles. The summed E-state index contributed by atoms with van der Waals surface area (Å²) in [7, 11) is 0. The van der Waals surface area contributed by atoms with Crippen LogP contribution in [0.5, 0.6) is 0 Å². The van der Waals surface area contributed by atoms with Gasteiger partial charge in [0.05, 0.1) is 11.7 Å². The van der Waals surface area contributed by atoms with Crippen LogP contribution in [-0.4, -0.2) is 9.78 Å². The molecule has 5 heteroatoms. The molecule has 1 aromatic carbocycles. The number of aromatic nitrogens is 2. The SMILES string of the molecule is NC(Cc1ccn(C2CCCC2)n1)c1ccc(Cl)cc1Br. The molecule has 3 nitrogen and oxygen atoms in total. The van der Waals surface area contributed by atoms with Crippen LogP contribution < -0.4 is 5.73 Å². The van der Waals surface area contributed by atoms with E-state index < -0.39 is 0 Å². The van der Waals surface area contributed by atoms with Crippen molar-refractivity contribution in [1.29, 1.82) is 0 Å². The molecule has 112 valence electrons. The van der Waals surface area contributed by atoms with Crippen molar-refractivity contribution in [2.75, 3.05) is 0 Å². The van der Waals surface area contributed by atoms with Crippen LogP contribution in [0.25, 0.3) is 0 Å². The average molecular weight is 369 g/mol. The molecule has 0 saturated heterocycles. The van der Waals surface area contributed by atoms with Gasteiger partial charge in [0.1, 0.15) is 0 Å². The van der Waals surface area contributed by atoms with Crippen molar-refractivity contribution >= 4 is 27.5 Å². The molecular formula is C16H19BrClN3. The maximum Gasteiger partial charge on any atom is 0.0643 e. The third-order valence-corrected chi connectivity index (χ3v) is 5.08. The minimum absolute atomic E-state index is 0.0800. The fraction of sp³-hybridized carbons (Fsp3) is 0.438. The summed E-state index contributed by atoms with van der Waals surface area (Å²) in [5, 5.41) is 5.41. The lowest BCUT2D eigenvalue weighted by Gasteiger charge is -2.13. The zero-order valence-corrected chi connectivity index (χ0v) is 14.1. The second-order valence-corrected chi connectivity index (χ2v) is 6.99. The van der Waals surface area contributed by atoms with E-state index in [2.05, 4.69) is 32.9 Å². The van der Waals surface area contributed by atoms with Crippen LogP contribution in [-0.2, 0) is 6.42 Å². The lowest BCUT2D eigenvalue weighted by Crippen LogP contribution is -2.15. The molecular weight excluding hydrogens is 350 g/mol. The molecule has 1 atom stereocenters. The Kier molecular flexibility index (Phi) is 4.67. The Labute approximate surface area is 138 Å². The molecule has 3 rings (SSSR count). The fourth-order valence-electron chi connectivity index (χ4n) is 3.00. The quantitative estimate of drug-likeness (QED) is 0.853. The van der Waals surface area contributed by atoms with Gasteiger partial charge in [-0.25, -0.2) is 0 Å². The third-order valence-electron chi connectivity index (χ3n) is 4.15. The Morgan fingerprint density at radius 2 is 2.10 bits per heavy atom. The van der Waals surface area contributed by atoms with Gasteiger partial charge >= 0.3 is 0 Å². The van der Waals surface area contributed by atoms with Gasteiger partial charge < -0.3 is 5.73 Å². The van der Waals surface area contributed by atoms with Crippen molar-refractivity contribution in [3.05, 3.63) is 51.2 Å². The largest absolute Gasteiger partial charge is 0.324 e. The van der Waals surface area contributed by atoms with Crippen LogP contribution in [0.4, 0.5) is 0 Å². The first-order valence-electron chi connectivity index (χ1n) is 7.38. The average Bonchev–Trinajstić information content (AvgIpc) is 3.08. The number of hydrogen-bond acceptors (Lipinski definition) is 2. The highest BCUT2D eigenvalue weighted by atomic mass is 79.9. The van der Waals surface area contributed by atoms with Gasteiger partial charge in [-0.3, -0.25) is 4.68 Å². The first-order chi connectivity index (χ1) is 10.1. The summed E-state index contributed by atoms with van der Waals surface area (Å²) in [6.45, 7) is 0. The molecule has 0 bridgehead atoms. The summed E-state index contributed by atoms with van der Waals surface area (Å²) in [4.78, 5) is 0. The summed E-state index contributed by atoms with van der Waals surface area (Å²) in [5.41, 5.74) is 8.44. The highest BCUT2D eigenvalue weighted by Crippen LogP contribution is 2.30. The maximum atomic E-state index is 6.32. The lowest BCUT2D eigenvalue weighted by atomic mass is 10.0. The number of benzene rings is 1. The monoisotopic (exact) mass is 367 g/mol. The molecule has 1 saturated carbocycles. The normalized spacial score (nSPS) is 17.3. The summed E-state index contributed by atoms with van der Waals surface area (Å²) < 4.78 is 3.07. The zero-order valence-electron chi connectivity index (χ0n) is 11.8. The van der Waals surface area contributed by atoms with Gasteiger partial charge in [-0.05, 0) is 36.6 Å². The molecule has 1 aliphatic carbocycles. The molecule has 0 aliphatic heterocycles. The Hall–Kier alpha value is -0.840. The van der Waals surface area contributed by atoms with E-state index in [9.17, 15) is 0 Å². The van der Waals surface area contributed by atoms with Gasteiger partial charge in [-0.1, -0.05) is 46.4 Å². The van der Waals surface area contributed by atoms with Gasteiger partial charge in [-0.2, -0.15) is 5.10 Å². The van der Waals surface area contributed by atoms with Gasteiger partial charge in [0.2, 0.25) is 0 Å². The predicted molar refractivity (Wildman–Crippen MR) is 89.5 cm³/mol. The number of nitrogens with zero attached hydrogens (tertiary/aromatic N) is 2. The minimum atomic E-state index is -0.0800. The Bertz CT molecular complexity index is 620. The highest BCUT2D eigenvalue weighted by molar-refractivity contribution is 9.10. The molecule has 0 spiro atoms. The van der Waals surface area contributed by atoms with Gasteiger partial charge in [-0.15, -0.1) is 0 Å². The number of nitrogens with two attached hydrogens (primary N) is 1. The smallest absolute Gasteiger partial charge is 0.0643 e.